The van der Waals surface area contributed by atoms with Gasteiger partial charge in [0.1, 0.15) is 12.2 Å². The largest absolute Gasteiger partial charge is 0.462 e. The van der Waals surface area contributed by atoms with Crippen molar-refractivity contribution in [3.8, 4) is 0 Å². The number of piperidine rings is 2. The number of unbranched alkanes of at least 4 members (excludes halogenated alkanes) is 1. The topological polar surface area (TPSA) is 67.9 Å². The first-order valence-corrected chi connectivity index (χ1v) is 11.9. The van der Waals surface area contributed by atoms with Gasteiger partial charge in [0.05, 0.1) is 0 Å². The molecule has 31 heavy (non-hydrogen) atoms. The van der Waals surface area contributed by atoms with Crippen LogP contribution in [-0.2, 0) is 19.1 Å². The van der Waals surface area contributed by atoms with Crippen molar-refractivity contribution in [1.82, 2.24) is 10.2 Å². The fraction of sp³-hybridized carbons (Fsp3) is 0.920. The Morgan fingerprint density at radius 1 is 0.742 bits per heavy atom. The van der Waals surface area contributed by atoms with Gasteiger partial charge in [-0.1, -0.05) is 0 Å². The van der Waals surface area contributed by atoms with E-state index in [9.17, 15) is 9.59 Å². The lowest BCUT2D eigenvalue weighted by atomic mass is 9.79. The number of hydrogen-bond donors (Lipinski definition) is 1. The number of nitrogens with one attached hydrogen (secondary N) is 1. The molecular weight excluding hydrogens is 392 g/mol. The van der Waals surface area contributed by atoms with E-state index in [2.05, 4.69) is 72.7 Å². The molecule has 6 nitrogen and oxygen atoms in total. The van der Waals surface area contributed by atoms with E-state index in [-0.39, 0.29) is 46.3 Å². The van der Waals surface area contributed by atoms with E-state index in [1.54, 1.807) is 0 Å². The van der Waals surface area contributed by atoms with Crippen molar-refractivity contribution in [2.75, 3.05) is 7.05 Å². The zero-order valence-electron chi connectivity index (χ0n) is 21.4. The van der Waals surface area contributed by atoms with Gasteiger partial charge in [-0.2, -0.15) is 0 Å². The number of nitrogens with zero attached hydrogens (tertiary/aromatic N) is 1. The molecule has 0 radical (unpaired) electrons. The first-order valence-electron chi connectivity index (χ1n) is 11.9. The molecule has 2 rings (SSSR count). The molecule has 0 atom stereocenters. The van der Waals surface area contributed by atoms with E-state index in [1.165, 1.54) is 0 Å². The Kier molecular flexibility index (Phi) is 7.90. The van der Waals surface area contributed by atoms with Crippen LogP contribution < -0.4 is 5.32 Å². The molecule has 0 saturated carbocycles. The minimum Gasteiger partial charge on any atom is -0.462 e. The van der Waals surface area contributed by atoms with Crippen molar-refractivity contribution < 1.29 is 19.1 Å². The molecule has 6 heteroatoms. The summed E-state index contributed by atoms with van der Waals surface area (Å²) in [5.41, 5.74) is -0.108. The standard InChI is InChI=1S/C25H46N2O4/c1-22(2)14-18(15-23(3,4)26-22)30-20(28)12-10-11-13-21(29)31-19-16-24(5,6)27(9)25(7,8)17-19/h18-19,26H,10-17H2,1-9H3. The summed E-state index contributed by atoms with van der Waals surface area (Å²) < 4.78 is 11.5. The van der Waals surface area contributed by atoms with Gasteiger partial charge in [0.25, 0.3) is 0 Å². The molecular formula is C25H46N2O4. The Labute approximate surface area is 189 Å². The third kappa shape index (κ3) is 7.74. The lowest BCUT2D eigenvalue weighted by Crippen LogP contribution is -2.60. The monoisotopic (exact) mass is 438 g/mol. The van der Waals surface area contributed by atoms with Crippen LogP contribution in [0.15, 0.2) is 0 Å². The highest BCUT2D eigenvalue weighted by molar-refractivity contribution is 5.71. The van der Waals surface area contributed by atoms with Crippen LogP contribution in [0.2, 0.25) is 0 Å². The molecule has 0 unspecified atom stereocenters. The molecule has 2 aliphatic rings. The lowest BCUT2D eigenvalue weighted by molar-refractivity contribution is -0.159. The first-order chi connectivity index (χ1) is 14.0. The van der Waals surface area contributed by atoms with Crippen LogP contribution in [0.1, 0.15) is 107 Å². The molecule has 0 amide bonds. The Balaban J connectivity index is 1.69. The van der Waals surface area contributed by atoms with Crippen molar-refractivity contribution in [2.24, 2.45) is 0 Å². The van der Waals surface area contributed by atoms with Crippen LogP contribution in [0, 0.1) is 0 Å². The lowest BCUT2D eigenvalue weighted by Gasteiger charge is -2.53. The van der Waals surface area contributed by atoms with Crippen molar-refractivity contribution >= 4 is 11.9 Å². The zero-order valence-corrected chi connectivity index (χ0v) is 21.4. The third-order valence-corrected chi connectivity index (χ3v) is 7.03. The van der Waals surface area contributed by atoms with Gasteiger partial charge in [0.2, 0.25) is 0 Å². The normalized spacial score (nSPS) is 25.7. The second-order valence-electron chi connectivity index (χ2n) is 12.3. The average molecular weight is 439 g/mol. The molecule has 1 N–H and O–H groups in total. The van der Waals surface area contributed by atoms with E-state index >= 15 is 0 Å². The maximum Gasteiger partial charge on any atom is 0.306 e. The van der Waals surface area contributed by atoms with E-state index in [0.717, 1.165) is 25.7 Å². The number of ether oxygens (including phenoxy) is 2. The summed E-state index contributed by atoms with van der Waals surface area (Å²) in [4.78, 5) is 27.0. The van der Waals surface area contributed by atoms with Crippen LogP contribution in [0.5, 0.6) is 0 Å². The number of likely N-dealkylation sites (tertiary alicyclic amines) is 1. The highest BCUT2D eigenvalue weighted by atomic mass is 16.5. The van der Waals surface area contributed by atoms with Crippen LogP contribution in [0.25, 0.3) is 0 Å². The molecule has 0 aromatic rings. The number of carbonyl (C=O) groups is 2. The van der Waals surface area contributed by atoms with Gasteiger partial charge in [-0.05, 0) is 75.3 Å². The minimum atomic E-state index is -0.161. The smallest absolute Gasteiger partial charge is 0.306 e. The second kappa shape index (κ2) is 9.38. The summed E-state index contributed by atoms with van der Waals surface area (Å²) in [6, 6.07) is 0. The first kappa shape index (κ1) is 26.1. The third-order valence-electron chi connectivity index (χ3n) is 7.03. The number of esters is 2. The van der Waals surface area contributed by atoms with Gasteiger partial charge >= 0.3 is 11.9 Å². The Morgan fingerprint density at radius 2 is 1.10 bits per heavy atom. The molecule has 2 aliphatic heterocycles. The summed E-state index contributed by atoms with van der Waals surface area (Å²) in [5, 5.41) is 3.60. The van der Waals surface area contributed by atoms with Gasteiger partial charge in [-0.25, -0.2) is 0 Å². The summed E-state index contributed by atoms with van der Waals surface area (Å²) >= 11 is 0. The summed E-state index contributed by atoms with van der Waals surface area (Å²) in [6.07, 6.45) is 5.22. The minimum absolute atomic E-state index is 0.00573. The second-order valence-corrected chi connectivity index (χ2v) is 12.3. The molecule has 2 heterocycles. The summed E-state index contributed by atoms with van der Waals surface area (Å²) in [6.45, 7) is 17.4. The van der Waals surface area contributed by atoms with Gasteiger partial charge in [0, 0.05) is 60.7 Å². The van der Waals surface area contributed by atoms with Gasteiger partial charge in [0.15, 0.2) is 0 Å². The van der Waals surface area contributed by atoms with Gasteiger partial charge in [-0.3, -0.25) is 14.5 Å². The fourth-order valence-electron chi connectivity index (χ4n) is 5.70. The molecule has 2 fully saturated rings. The maximum atomic E-state index is 12.4. The van der Waals surface area contributed by atoms with Crippen LogP contribution >= 0.6 is 0 Å². The fourth-order valence-corrected chi connectivity index (χ4v) is 5.70. The van der Waals surface area contributed by atoms with Crippen molar-refractivity contribution in [1.29, 1.82) is 0 Å². The van der Waals surface area contributed by atoms with E-state index in [0.29, 0.717) is 25.7 Å². The summed E-state index contributed by atoms with van der Waals surface area (Å²) in [5.74, 6) is -0.318. The highest BCUT2D eigenvalue weighted by Gasteiger charge is 2.44. The van der Waals surface area contributed by atoms with E-state index in [1.807, 2.05) is 0 Å². The molecule has 0 aromatic carbocycles. The Hall–Kier alpha value is -1.14. The predicted octanol–water partition coefficient (Wildman–Crippen LogP) is 4.59. The van der Waals surface area contributed by atoms with E-state index in [4.69, 9.17) is 9.47 Å². The number of hydrogen-bond acceptors (Lipinski definition) is 6. The van der Waals surface area contributed by atoms with Gasteiger partial charge in [-0.15, -0.1) is 0 Å². The molecule has 2 saturated heterocycles. The molecule has 0 aliphatic carbocycles. The quantitative estimate of drug-likeness (QED) is 0.463. The van der Waals surface area contributed by atoms with Crippen molar-refractivity contribution in [2.45, 2.75) is 141 Å². The molecule has 0 spiro atoms. The number of carbonyl (C=O) groups excluding carboxylic acids is 2. The SMILES string of the molecule is CN1C(C)(C)CC(OC(=O)CCCCC(=O)OC2CC(C)(C)NC(C)(C)C2)CC1(C)C. The predicted molar refractivity (Wildman–Crippen MR) is 124 cm³/mol. The zero-order chi connectivity index (χ0) is 23.7. The van der Waals surface area contributed by atoms with Gasteiger partial charge < -0.3 is 14.8 Å². The molecule has 0 aromatic heterocycles. The Bertz CT molecular complexity index is 620. The van der Waals surface area contributed by atoms with Crippen LogP contribution in [-0.4, -0.2) is 58.2 Å². The van der Waals surface area contributed by atoms with Crippen molar-refractivity contribution in [3.63, 3.8) is 0 Å². The Morgan fingerprint density at radius 3 is 1.48 bits per heavy atom. The number of rotatable bonds is 7. The molecule has 0 bridgehead atoms. The summed E-state index contributed by atoms with van der Waals surface area (Å²) in [7, 11) is 2.14. The van der Waals surface area contributed by atoms with E-state index < -0.39 is 0 Å². The maximum absolute atomic E-state index is 12.4. The van der Waals surface area contributed by atoms with Crippen LogP contribution in [0.3, 0.4) is 0 Å². The average Bonchev–Trinajstić information content (AvgIpc) is 2.53. The molecule has 180 valence electrons. The van der Waals surface area contributed by atoms with Crippen molar-refractivity contribution in [3.05, 3.63) is 0 Å². The highest BCUT2D eigenvalue weighted by Crippen LogP contribution is 2.38. The van der Waals surface area contributed by atoms with Crippen LogP contribution in [0.4, 0.5) is 0 Å².